The van der Waals surface area contributed by atoms with Crippen LogP contribution in [0.5, 0.6) is 0 Å². The van der Waals surface area contributed by atoms with Gasteiger partial charge in [0.2, 0.25) is 5.91 Å². The predicted octanol–water partition coefficient (Wildman–Crippen LogP) is 2.98. The summed E-state index contributed by atoms with van der Waals surface area (Å²) in [5.74, 6) is 1.11. The smallest absolute Gasteiger partial charge is 0.235 e. The molecular weight excluding hydrogens is 294 g/mol. The van der Waals surface area contributed by atoms with E-state index in [1.54, 1.807) is 0 Å². The number of thioether (sulfide) groups is 1. The molecule has 0 spiro atoms. The van der Waals surface area contributed by atoms with Crippen LogP contribution in [-0.4, -0.2) is 35.0 Å². The summed E-state index contributed by atoms with van der Waals surface area (Å²) in [6, 6.07) is 2.79. The number of nitriles is 1. The summed E-state index contributed by atoms with van der Waals surface area (Å²) in [5, 5.41) is 16.5. The minimum absolute atomic E-state index is 0.0192. The van der Waals surface area contributed by atoms with Crippen LogP contribution in [0.4, 0.5) is 0 Å². The average Bonchev–Trinajstić information content (AvgIpc) is 2.55. The van der Waals surface area contributed by atoms with Gasteiger partial charge in [-0.05, 0) is 31.4 Å². The first-order valence-corrected chi connectivity index (χ1v) is 9.81. The quantitative estimate of drug-likeness (QED) is 0.789. The van der Waals surface area contributed by atoms with Crippen LogP contribution in [0.25, 0.3) is 0 Å². The second kappa shape index (κ2) is 8.79. The molecule has 2 aliphatic carbocycles. The highest BCUT2D eigenvalue weighted by atomic mass is 32.2. The fourth-order valence-electron chi connectivity index (χ4n) is 3.70. The summed E-state index contributed by atoms with van der Waals surface area (Å²) in [6.07, 6.45) is 9.82. The molecule has 0 saturated heterocycles. The third-order valence-electron chi connectivity index (χ3n) is 4.91. The maximum atomic E-state index is 12.3. The molecule has 2 saturated carbocycles. The van der Waals surface area contributed by atoms with E-state index in [1.165, 1.54) is 25.7 Å². The first-order valence-electron chi connectivity index (χ1n) is 8.76. The molecule has 0 heterocycles. The fourth-order valence-corrected chi connectivity index (χ4v) is 4.92. The molecule has 4 nitrogen and oxygen atoms in total. The molecule has 0 aromatic rings. The maximum Gasteiger partial charge on any atom is 0.235 e. The summed E-state index contributed by atoms with van der Waals surface area (Å²) in [6.45, 7) is 2.54. The van der Waals surface area contributed by atoms with Crippen LogP contribution in [0.2, 0.25) is 0 Å². The van der Waals surface area contributed by atoms with Gasteiger partial charge in [0.05, 0.1) is 12.6 Å². The molecule has 0 radical (unpaired) electrons. The molecular formula is C17H29N3OS. The zero-order valence-electron chi connectivity index (χ0n) is 13.7. The zero-order chi connectivity index (χ0) is 15.8. The van der Waals surface area contributed by atoms with Crippen molar-refractivity contribution in [3.63, 3.8) is 0 Å². The van der Waals surface area contributed by atoms with E-state index in [2.05, 4.69) is 23.6 Å². The minimum Gasteiger partial charge on any atom is -0.337 e. The zero-order valence-corrected chi connectivity index (χ0v) is 14.5. The van der Waals surface area contributed by atoms with Gasteiger partial charge in [-0.2, -0.15) is 17.0 Å². The van der Waals surface area contributed by atoms with Crippen LogP contribution >= 0.6 is 11.8 Å². The van der Waals surface area contributed by atoms with Crippen molar-refractivity contribution in [2.24, 2.45) is 0 Å². The molecule has 5 heteroatoms. The SMILES string of the molecule is CCS[C@H]1CCCC[C@@H]1NCC(=O)NC1(C#N)CCCCC1. The number of hydrogen-bond donors (Lipinski definition) is 2. The highest BCUT2D eigenvalue weighted by molar-refractivity contribution is 7.99. The van der Waals surface area contributed by atoms with Gasteiger partial charge in [-0.15, -0.1) is 0 Å². The Hall–Kier alpha value is -0.730. The number of amides is 1. The van der Waals surface area contributed by atoms with Crippen molar-refractivity contribution in [2.75, 3.05) is 12.3 Å². The van der Waals surface area contributed by atoms with Crippen LogP contribution in [0, 0.1) is 11.3 Å². The van der Waals surface area contributed by atoms with Gasteiger partial charge in [-0.25, -0.2) is 0 Å². The third kappa shape index (κ3) is 4.89. The molecule has 0 unspecified atom stereocenters. The van der Waals surface area contributed by atoms with E-state index in [1.807, 2.05) is 11.8 Å². The molecule has 0 aromatic heterocycles. The van der Waals surface area contributed by atoms with Gasteiger partial charge in [-0.3, -0.25) is 4.79 Å². The van der Waals surface area contributed by atoms with Gasteiger partial charge in [-0.1, -0.05) is 39.0 Å². The lowest BCUT2D eigenvalue weighted by Gasteiger charge is -2.33. The van der Waals surface area contributed by atoms with Crippen molar-refractivity contribution in [3.05, 3.63) is 0 Å². The van der Waals surface area contributed by atoms with Crippen LogP contribution in [0.15, 0.2) is 0 Å². The standard InChI is InChI=1S/C17H29N3OS/c1-2-22-15-9-5-4-8-14(15)19-12-16(21)20-17(13-18)10-6-3-7-11-17/h14-15,19H,2-12H2,1H3,(H,20,21)/t14-,15-/m0/s1. The minimum atomic E-state index is -0.610. The van der Waals surface area contributed by atoms with Crippen molar-refractivity contribution in [3.8, 4) is 6.07 Å². The number of carbonyl (C=O) groups excluding carboxylic acids is 1. The summed E-state index contributed by atoms with van der Waals surface area (Å²) >= 11 is 2.00. The van der Waals surface area contributed by atoms with Gasteiger partial charge >= 0.3 is 0 Å². The van der Waals surface area contributed by atoms with Crippen molar-refractivity contribution in [1.29, 1.82) is 5.26 Å². The Kier molecular flexibility index (Phi) is 7.04. The van der Waals surface area contributed by atoms with Gasteiger partial charge in [0, 0.05) is 11.3 Å². The normalized spacial score (nSPS) is 27.8. The third-order valence-corrected chi connectivity index (χ3v) is 6.23. The van der Waals surface area contributed by atoms with Crippen molar-refractivity contribution in [2.45, 2.75) is 81.5 Å². The van der Waals surface area contributed by atoms with E-state index in [0.29, 0.717) is 17.8 Å². The molecule has 0 aliphatic heterocycles. The second-order valence-corrected chi connectivity index (χ2v) is 8.08. The number of rotatable bonds is 6. The van der Waals surface area contributed by atoms with Crippen LogP contribution in [0.1, 0.15) is 64.7 Å². The lowest BCUT2D eigenvalue weighted by molar-refractivity contribution is -0.122. The summed E-state index contributed by atoms with van der Waals surface area (Å²) < 4.78 is 0. The van der Waals surface area contributed by atoms with Gasteiger partial charge < -0.3 is 10.6 Å². The number of hydrogen-bond acceptors (Lipinski definition) is 4. The Labute approximate surface area is 138 Å². The van der Waals surface area contributed by atoms with E-state index in [9.17, 15) is 10.1 Å². The predicted molar refractivity (Wildman–Crippen MR) is 91.8 cm³/mol. The Morgan fingerprint density at radius 1 is 1.23 bits per heavy atom. The first-order chi connectivity index (χ1) is 10.7. The highest BCUT2D eigenvalue weighted by Gasteiger charge is 2.33. The molecule has 0 bridgehead atoms. The van der Waals surface area contributed by atoms with Crippen molar-refractivity contribution in [1.82, 2.24) is 10.6 Å². The largest absolute Gasteiger partial charge is 0.337 e. The summed E-state index contributed by atoms with van der Waals surface area (Å²) in [4.78, 5) is 12.3. The van der Waals surface area contributed by atoms with Crippen molar-refractivity contribution >= 4 is 17.7 Å². The molecule has 2 atom stereocenters. The molecule has 2 N–H and O–H groups in total. The number of nitrogens with zero attached hydrogens (tertiary/aromatic N) is 1. The fraction of sp³-hybridized carbons (Fsp3) is 0.882. The van der Waals surface area contributed by atoms with Gasteiger partial charge in [0.1, 0.15) is 5.54 Å². The lowest BCUT2D eigenvalue weighted by atomic mass is 9.83. The molecule has 22 heavy (non-hydrogen) atoms. The molecule has 2 aliphatic rings. The van der Waals surface area contributed by atoms with Crippen LogP contribution in [0.3, 0.4) is 0 Å². The van der Waals surface area contributed by atoms with E-state index in [0.717, 1.165) is 37.9 Å². The van der Waals surface area contributed by atoms with Crippen LogP contribution in [-0.2, 0) is 4.79 Å². The van der Waals surface area contributed by atoms with E-state index < -0.39 is 5.54 Å². The number of nitrogens with one attached hydrogen (secondary N) is 2. The summed E-state index contributed by atoms with van der Waals surface area (Å²) in [7, 11) is 0. The maximum absolute atomic E-state index is 12.3. The lowest BCUT2D eigenvalue weighted by Crippen LogP contribution is -2.53. The summed E-state index contributed by atoms with van der Waals surface area (Å²) in [5.41, 5.74) is -0.610. The Morgan fingerprint density at radius 3 is 2.64 bits per heavy atom. The molecule has 124 valence electrons. The van der Waals surface area contributed by atoms with E-state index >= 15 is 0 Å². The number of carbonyl (C=O) groups is 1. The van der Waals surface area contributed by atoms with E-state index in [4.69, 9.17) is 0 Å². The average molecular weight is 324 g/mol. The molecule has 1 amide bonds. The molecule has 0 aromatic carbocycles. The Morgan fingerprint density at radius 2 is 1.95 bits per heavy atom. The van der Waals surface area contributed by atoms with Crippen molar-refractivity contribution < 1.29 is 4.79 Å². The second-order valence-electron chi connectivity index (χ2n) is 6.57. The van der Waals surface area contributed by atoms with Gasteiger partial charge in [0.15, 0.2) is 0 Å². The Balaban J connectivity index is 1.80. The first kappa shape index (κ1) is 17.6. The van der Waals surface area contributed by atoms with E-state index in [-0.39, 0.29) is 5.91 Å². The molecule has 2 rings (SSSR count). The molecule has 2 fully saturated rings. The highest BCUT2D eigenvalue weighted by Crippen LogP contribution is 2.29. The monoisotopic (exact) mass is 323 g/mol. The van der Waals surface area contributed by atoms with Gasteiger partial charge in [0.25, 0.3) is 0 Å². The van der Waals surface area contributed by atoms with Crippen LogP contribution < -0.4 is 10.6 Å². The Bertz CT molecular complexity index is 399. The topological polar surface area (TPSA) is 64.9 Å².